The van der Waals surface area contributed by atoms with E-state index >= 15 is 0 Å². The monoisotopic (exact) mass is 368 g/mol. The standard InChI is InChI=1S/C20H20N2O5/c1-26-18-9-8-15(10-19(18)27-2)16(11-21)17(23)13-22(20(24)25)12-14-6-4-3-5-7-14/h3-10,16H,12-13H2,1-2H3,(H,24,25). The lowest BCUT2D eigenvalue weighted by atomic mass is 9.95. The highest BCUT2D eigenvalue weighted by Gasteiger charge is 2.26. The molecule has 1 atom stereocenters. The first kappa shape index (κ1) is 19.8. The smallest absolute Gasteiger partial charge is 0.407 e. The molecular weight excluding hydrogens is 348 g/mol. The number of nitrogens with zero attached hydrogens (tertiary/aromatic N) is 2. The van der Waals surface area contributed by atoms with Crippen LogP contribution in [0.2, 0.25) is 0 Å². The van der Waals surface area contributed by atoms with Gasteiger partial charge in [0.25, 0.3) is 0 Å². The van der Waals surface area contributed by atoms with Crippen LogP contribution in [-0.2, 0) is 11.3 Å². The summed E-state index contributed by atoms with van der Waals surface area (Å²) in [6.45, 7) is -0.331. The van der Waals surface area contributed by atoms with Crippen molar-refractivity contribution in [1.29, 1.82) is 5.26 Å². The Kier molecular flexibility index (Phi) is 6.78. The first-order valence-corrected chi connectivity index (χ1v) is 8.16. The summed E-state index contributed by atoms with van der Waals surface area (Å²) < 4.78 is 10.3. The average molecular weight is 368 g/mol. The molecule has 0 radical (unpaired) electrons. The molecule has 0 aliphatic heterocycles. The minimum Gasteiger partial charge on any atom is -0.493 e. The topological polar surface area (TPSA) is 99.9 Å². The number of carboxylic acid groups (broad SMARTS) is 1. The predicted octanol–water partition coefficient (Wildman–Crippen LogP) is 3.06. The molecule has 1 unspecified atom stereocenters. The van der Waals surface area contributed by atoms with Crippen LogP contribution in [0.5, 0.6) is 11.5 Å². The van der Waals surface area contributed by atoms with Gasteiger partial charge >= 0.3 is 6.09 Å². The van der Waals surface area contributed by atoms with Crippen molar-refractivity contribution in [1.82, 2.24) is 4.90 Å². The van der Waals surface area contributed by atoms with Crippen LogP contribution in [0.1, 0.15) is 17.0 Å². The number of carbonyl (C=O) groups is 2. The molecule has 2 aromatic carbocycles. The maximum Gasteiger partial charge on any atom is 0.407 e. The highest BCUT2D eigenvalue weighted by molar-refractivity contribution is 5.92. The summed E-state index contributed by atoms with van der Waals surface area (Å²) in [6.07, 6.45) is -1.23. The SMILES string of the molecule is COc1ccc(C(C#N)C(=O)CN(Cc2ccccc2)C(=O)O)cc1OC. The van der Waals surface area contributed by atoms with E-state index in [0.717, 1.165) is 10.5 Å². The Balaban J connectivity index is 2.20. The van der Waals surface area contributed by atoms with Gasteiger partial charge in [0.05, 0.1) is 26.8 Å². The second-order valence-corrected chi connectivity index (χ2v) is 5.77. The normalized spacial score (nSPS) is 11.1. The summed E-state index contributed by atoms with van der Waals surface area (Å²) in [4.78, 5) is 25.1. The number of benzene rings is 2. The van der Waals surface area contributed by atoms with Crippen LogP contribution in [0, 0.1) is 11.3 Å². The summed E-state index contributed by atoms with van der Waals surface area (Å²) in [6, 6.07) is 15.6. The summed E-state index contributed by atoms with van der Waals surface area (Å²) in [5.41, 5.74) is 1.18. The molecule has 140 valence electrons. The molecular formula is C20H20N2O5. The van der Waals surface area contributed by atoms with Crippen LogP contribution in [0.25, 0.3) is 0 Å². The number of carbonyl (C=O) groups excluding carboxylic acids is 1. The Morgan fingerprint density at radius 3 is 2.33 bits per heavy atom. The van der Waals surface area contributed by atoms with Crippen molar-refractivity contribution >= 4 is 11.9 Å². The molecule has 7 heteroatoms. The van der Waals surface area contributed by atoms with Crippen molar-refractivity contribution in [3.05, 3.63) is 59.7 Å². The zero-order valence-corrected chi connectivity index (χ0v) is 15.1. The lowest BCUT2D eigenvalue weighted by Gasteiger charge is -2.20. The van der Waals surface area contributed by atoms with Gasteiger partial charge in [-0.2, -0.15) is 5.26 Å². The highest BCUT2D eigenvalue weighted by Crippen LogP contribution is 2.31. The zero-order chi connectivity index (χ0) is 19.8. The van der Waals surface area contributed by atoms with Crippen LogP contribution < -0.4 is 9.47 Å². The molecule has 0 aromatic heterocycles. The van der Waals surface area contributed by atoms with E-state index in [1.54, 1.807) is 42.5 Å². The van der Waals surface area contributed by atoms with Crippen molar-refractivity contribution in [2.45, 2.75) is 12.5 Å². The van der Waals surface area contributed by atoms with E-state index in [9.17, 15) is 20.0 Å². The van der Waals surface area contributed by atoms with Gasteiger partial charge in [-0.3, -0.25) is 9.69 Å². The average Bonchev–Trinajstić information content (AvgIpc) is 2.68. The minimum absolute atomic E-state index is 0.0615. The number of hydrogen-bond donors (Lipinski definition) is 1. The fraction of sp³-hybridized carbons (Fsp3) is 0.250. The Hall–Kier alpha value is -3.53. The van der Waals surface area contributed by atoms with E-state index in [0.29, 0.717) is 17.1 Å². The van der Waals surface area contributed by atoms with Crippen LogP contribution in [0.3, 0.4) is 0 Å². The second kappa shape index (κ2) is 9.25. The Labute approximate surface area is 157 Å². The second-order valence-electron chi connectivity index (χ2n) is 5.77. The van der Waals surface area contributed by atoms with Crippen LogP contribution in [-0.4, -0.2) is 42.6 Å². The number of hydrogen-bond acceptors (Lipinski definition) is 5. The Morgan fingerprint density at radius 2 is 1.78 bits per heavy atom. The lowest BCUT2D eigenvalue weighted by Crippen LogP contribution is -2.35. The summed E-state index contributed by atoms with van der Waals surface area (Å²) in [7, 11) is 2.94. The number of methoxy groups -OCH3 is 2. The van der Waals surface area contributed by atoms with Crippen molar-refractivity contribution in [2.24, 2.45) is 0 Å². The van der Waals surface area contributed by atoms with Gasteiger partial charge in [-0.1, -0.05) is 36.4 Å². The largest absolute Gasteiger partial charge is 0.493 e. The molecule has 0 aliphatic carbocycles. The minimum atomic E-state index is -1.23. The maximum atomic E-state index is 12.6. The van der Waals surface area contributed by atoms with Gasteiger partial charge < -0.3 is 14.6 Å². The molecule has 0 bridgehead atoms. The summed E-state index contributed by atoms with van der Waals surface area (Å²) in [5.74, 6) is -0.755. The fourth-order valence-electron chi connectivity index (χ4n) is 2.64. The number of nitriles is 1. The third-order valence-electron chi connectivity index (χ3n) is 4.03. The van der Waals surface area contributed by atoms with E-state index in [2.05, 4.69) is 0 Å². The molecule has 2 rings (SSSR count). The third-order valence-corrected chi connectivity index (χ3v) is 4.03. The van der Waals surface area contributed by atoms with E-state index in [1.165, 1.54) is 14.2 Å². The first-order chi connectivity index (χ1) is 13.0. The third kappa shape index (κ3) is 4.98. The summed E-state index contributed by atoms with van der Waals surface area (Å²) >= 11 is 0. The number of rotatable bonds is 8. The highest BCUT2D eigenvalue weighted by atomic mass is 16.5. The Morgan fingerprint density at radius 1 is 1.11 bits per heavy atom. The number of ether oxygens (including phenoxy) is 2. The summed E-state index contributed by atoms with van der Waals surface area (Å²) in [5, 5.41) is 18.9. The number of amides is 1. The molecule has 0 spiro atoms. The molecule has 0 aliphatic rings. The van der Waals surface area contributed by atoms with E-state index in [-0.39, 0.29) is 6.54 Å². The van der Waals surface area contributed by atoms with Crippen molar-refractivity contribution in [3.63, 3.8) is 0 Å². The molecule has 27 heavy (non-hydrogen) atoms. The molecule has 0 heterocycles. The van der Waals surface area contributed by atoms with Gasteiger partial charge in [0.2, 0.25) is 0 Å². The van der Waals surface area contributed by atoms with Gasteiger partial charge in [0.15, 0.2) is 17.3 Å². The molecule has 0 saturated carbocycles. The van der Waals surface area contributed by atoms with Gasteiger partial charge in [0.1, 0.15) is 5.92 Å². The van der Waals surface area contributed by atoms with Crippen LogP contribution in [0.4, 0.5) is 4.79 Å². The maximum absolute atomic E-state index is 12.6. The van der Waals surface area contributed by atoms with E-state index in [4.69, 9.17) is 9.47 Å². The number of ketones is 1. The zero-order valence-electron chi connectivity index (χ0n) is 15.1. The fourth-order valence-corrected chi connectivity index (χ4v) is 2.64. The van der Waals surface area contributed by atoms with Crippen molar-refractivity contribution < 1.29 is 24.2 Å². The van der Waals surface area contributed by atoms with E-state index in [1.807, 2.05) is 12.1 Å². The van der Waals surface area contributed by atoms with Gasteiger partial charge in [-0.15, -0.1) is 0 Å². The first-order valence-electron chi connectivity index (χ1n) is 8.16. The van der Waals surface area contributed by atoms with Gasteiger partial charge in [-0.25, -0.2) is 4.79 Å². The molecule has 1 amide bonds. The predicted molar refractivity (Wildman–Crippen MR) is 97.8 cm³/mol. The van der Waals surface area contributed by atoms with Crippen molar-refractivity contribution in [3.8, 4) is 17.6 Å². The molecule has 2 aromatic rings. The Bertz CT molecular complexity index is 845. The molecule has 0 fully saturated rings. The van der Waals surface area contributed by atoms with Crippen LogP contribution in [0.15, 0.2) is 48.5 Å². The van der Waals surface area contributed by atoms with Gasteiger partial charge in [-0.05, 0) is 23.3 Å². The van der Waals surface area contributed by atoms with E-state index < -0.39 is 24.3 Å². The lowest BCUT2D eigenvalue weighted by molar-refractivity contribution is -0.120. The molecule has 7 nitrogen and oxygen atoms in total. The van der Waals surface area contributed by atoms with Gasteiger partial charge in [0, 0.05) is 6.54 Å². The number of Topliss-reactive ketones (excluding diaryl/α,β-unsaturated/α-hetero) is 1. The molecule has 0 saturated heterocycles. The molecule has 1 N–H and O–H groups in total. The quantitative estimate of drug-likeness (QED) is 0.769. The van der Waals surface area contributed by atoms with Crippen LogP contribution >= 0.6 is 0 Å². The van der Waals surface area contributed by atoms with Crippen molar-refractivity contribution in [2.75, 3.05) is 20.8 Å².